The predicted octanol–water partition coefficient (Wildman–Crippen LogP) is 18.5. The number of hydrogen-bond acceptors (Lipinski definition) is 0. The van der Waals surface area contributed by atoms with E-state index in [2.05, 4.69) is 258 Å². The molecular formula is C67H44N2. The van der Waals surface area contributed by atoms with Crippen molar-refractivity contribution in [1.82, 2.24) is 9.13 Å². The summed E-state index contributed by atoms with van der Waals surface area (Å²) in [5.41, 5.74) is 12.7. The molecule has 13 aromatic rings. The summed E-state index contributed by atoms with van der Waals surface area (Å²) in [6.07, 6.45) is 15.9. The summed E-state index contributed by atoms with van der Waals surface area (Å²) < 4.78 is 4.80. The van der Waals surface area contributed by atoms with E-state index in [4.69, 9.17) is 0 Å². The summed E-state index contributed by atoms with van der Waals surface area (Å²) in [6, 6.07) is 74.5. The number of benzene rings is 11. The maximum Gasteiger partial charge on any atom is 0.0541 e. The Hall–Kier alpha value is -8.98. The Balaban J connectivity index is 0.909. The molecule has 11 aromatic carbocycles. The lowest BCUT2D eigenvalue weighted by atomic mass is 9.85. The quantitative estimate of drug-likeness (QED) is 0.156. The van der Waals surface area contributed by atoms with Crippen LogP contribution in [0.2, 0.25) is 0 Å². The number of nitrogens with zero attached hydrogens (tertiary/aromatic N) is 2. The Kier molecular flexibility index (Phi) is 8.84. The van der Waals surface area contributed by atoms with Crippen LogP contribution in [-0.2, 0) is 0 Å². The van der Waals surface area contributed by atoms with Crippen molar-refractivity contribution in [2.45, 2.75) is 6.42 Å². The summed E-state index contributed by atoms with van der Waals surface area (Å²) in [7, 11) is 0. The van der Waals surface area contributed by atoms with Crippen molar-refractivity contribution in [2.24, 2.45) is 0 Å². The molecule has 0 bridgehead atoms. The Bertz CT molecular complexity index is 4440. The van der Waals surface area contributed by atoms with Gasteiger partial charge < -0.3 is 9.13 Å². The van der Waals surface area contributed by atoms with E-state index in [9.17, 15) is 0 Å². The summed E-state index contributed by atoms with van der Waals surface area (Å²) in [5, 5.41) is 17.8. The lowest BCUT2D eigenvalue weighted by Crippen LogP contribution is -1.98. The summed E-state index contributed by atoms with van der Waals surface area (Å²) >= 11 is 0. The molecule has 0 radical (unpaired) electrons. The van der Waals surface area contributed by atoms with Crippen molar-refractivity contribution >= 4 is 103 Å². The molecule has 0 spiro atoms. The number of aromatic nitrogens is 2. The van der Waals surface area contributed by atoms with Gasteiger partial charge in [0.15, 0.2) is 0 Å². The molecule has 2 aromatic heterocycles. The SMILES string of the molecule is C=C1/C=C\C=C/C/C=C\C=C1n1c2ccccc2c2cc(-c3ccc4c(c3)c3ccccc3n4-c3ccc(-c4cc5c6ccccc6c6ccccc6c5c5c4ccc4ccccc45)cc3)ccc21. The van der Waals surface area contributed by atoms with E-state index in [0.717, 1.165) is 28.9 Å². The highest BCUT2D eigenvalue weighted by atomic mass is 15.0. The van der Waals surface area contributed by atoms with Crippen molar-refractivity contribution < 1.29 is 0 Å². The molecule has 0 atom stereocenters. The highest BCUT2D eigenvalue weighted by Gasteiger charge is 2.20. The van der Waals surface area contributed by atoms with Gasteiger partial charge in [-0.2, -0.15) is 0 Å². The van der Waals surface area contributed by atoms with Crippen LogP contribution >= 0.6 is 0 Å². The van der Waals surface area contributed by atoms with E-state index in [0.29, 0.717) is 0 Å². The van der Waals surface area contributed by atoms with Gasteiger partial charge >= 0.3 is 0 Å². The average Bonchev–Trinajstić information content (AvgIpc) is 3.92. The minimum atomic E-state index is 0.893. The average molecular weight is 877 g/mol. The first-order valence-corrected chi connectivity index (χ1v) is 23.9. The Morgan fingerprint density at radius 3 is 1.58 bits per heavy atom. The van der Waals surface area contributed by atoms with Gasteiger partial charge in [-0.3, -0.25) is 0 Å². The fraction of sp³-hybridized carbons (Fsp3) is 0.0149. The van der Waals surface area contributed by atoms with E-state index in [1.165, 1.54) is 114 Å². The number of rotatable bonds is 4. The molecule has 14 rings (SSSR count). The van der Waals surface area contributed by atoms with E-state index in [1.54, 1.807) is 0 Å². The van der Waals surface area contributed by atoms with Gasteiger partial charge in [0, 0.05) is 27.2 Å². The molecule has 0 fully saturated rings. The van der Waals surface area contributed by atoms with Crippen molar-refractivity contribution in [2.75, 3.05) is 0 Å². The second-order valence-corrected chi connectivity index (χ2v) is 18.4. The Morgan fingerprint density at radius 2 is 0.870 bits per heavy atom. The first-order valence-electron chi connectivity index (χ1n) is 23.9. The minimum absolute atomic E-state index is 0.893. The van der Waals surface area contributed by atoms with Gasteiger partial charge in [0.25, 0.3) is 0 Å². The third-order valence-corrected chi connectivity index (χ3v) is 14.6. The van der Waals surface area contributed by atoms with Crippen molar-refractivity contribution in [1.29, 1.82) is 0 Å². The van der Waals surface area contributed by atoms with Crippen molar-refractivity contribution in [3.8, 4) is 27.9 Å². The molecule has 1 aliphatic carbocycles. The smallest absolute Gasteiger partial charge is 0.0541 e. The molecule has 1 aliphatic rings. The number of fused-ring (bicyclic) bond motifs is 16. The van der Waals surface area contributed by atoms with E-state index in [1.807, 2.05) is 0 Å². The van der Waals surface area contributed by atoms with Crippen LogP contribution in [0.15, 0.2) is 255 Å². The molecule has 69 heavy (non-hydrogen) atoms. The van der Waals surface area contributed by atoms with Gasteiger partial charge in [0.1, 0.15) is 0 Å². The maximum absolute atomic E-state index is 4.50. The van der Waals surface area contributed by atoms with E-state index >= 15 is 0 Å². The van der Waals surface area contributed by atoms with Crippen LogP contribution in [-0.4, -0.2) is 9.13 Å². The van der Waals surface area contributed by atoms with Crippen molar-refractivity contribution in [3.05, 3.63) is 255 Å². The third-order valence-electron chi connectivity index (χ3n) is 14.6. The zero-order chi connectivity index (χ0) is 45.6. The van der Waals surface area contributed by atoms with Crippen LogP contribution in [0.25, 0.3) is 131 Å². The highest BCUT2D eigenvalue weighted by Crippen LogP contribution is 2.46. The summed E-state index contributed by atoms with van der Waals surface area (Å²) in [4.78, 5) is 0. The zero-order valence-corrected chi connectivity index (χ0v) is 37.9. The normalized spacial score (nSPS) is 14.8. The number of allylic oxidation sites excluding steroid dienone is 9. The zero-order valence-electron chi connectivity index (χ0n) is 37.9. The molecule has 2 heterocycles. The van der Waals surface area contributed by atoms with Gasteiger partial charge in [0.2, 0.25) is 0 Å². The lowest BCUT2D eigenvalue weighted by Gasteiger charge is -2.18. The van der Waals surface area contributed by atoms with Crippen LogP contribution < -0.4 is 0 Å². The predicted molar refractivity (Wildman–Crippen MR) is 298 cm³/mol. The first-order chi connectivity index (χ1) is 34.2. The third kappa shape index (κ3) is 6.06. The molecular weight excluding hydrogens is 833 g/mol. The van der Waals surface area contributed by atoms with Crippen LogP contribution in [0.5, 0.6) is 0 Å². The second-order valence-electron chi connectivity index (χ2n) is 18.4. The maximum atomic E-state index is 4.50. The molecule has 2 heteroatoms. The van der Waals surface area contributed by atoms with E-state index in [-0.39, 0.29) is 0 Å². The fourth-order valence-electron chi connectivity index (χ4n) is 11.5. The number of para-hydroxylation sites is 2. The first kappa shape index (κ1) is 39.2. The molecule has 0 N–H and O–H groups in total. The van der Waals surface area contributed by atoms with Gasteiger partial charge in [-0.05, 0) is 149 Å². The number of hydrogen-bond donors (Lipinski definition) is 0. The van der Waals surface area contributed by atoms with Gasteiger partial charge in [-0.25, -0.2) is 0 Å². The Labute approximate surface area is 399 Å². The standard InChI is InChI=1S/C67H44N2/c1-43-18-6-4-2-3-5-7-27-61(43)69-63-29-17-15-25-54(63)59-41-47(34-39-65(59)69)46-33-38-64-58(40-46)53-24-14-16-28-62(53)68(64)48-35-30-45(31-36-48)57-42-60-52-23-11-10-21-50(52)51-22-12-13-26-55(51)67(60)66-49-20-9-8-19-44(49)32-37-56(57)66/h2,4-42H,1,3H2/b4-2-,7-5-,18-6-,61-27?. The molecule has 0 aliphatic heterocycles. The van der Waals surface area contributed by atoms with Crippen molar-refractivity contribution in [3.63, 3.8) is 0 Å². The molecule has 0 saturated carbocycles. The molecule has 322 valence electrons. The topological polar surface area (TPSA) is 9.86 Å². The molecule has 0 saturated heterocycles. The van der Waals surface area contributed by atoms with Gasteiger partial charge in [-0.1, -0.05) is 189 Å². The minimum Gasteiger partial charge on any atom is -0.309 e. The Morgan fingerprint density at radius 1 is 0.348 bits per heavy atom. The molecule has 2 nitrogen and oxygen atoms in total. The lowest BCUT2D eigenvalue weighted by molar-refractivity contribution is 1.18. The fourth-order valence-corrected chi connectivity index (χ4v) is 11.5. The molecule has 0 unspecified atom stereocenters. The van der Waals surface area contributed by atoms with Gasteiger partial charge in [0.05, 0.1) is 27.8 Å². The second kappa shape index (κ2) is 15.6. The summed E-state index contributed by atoms with van der Waals surface area (Å²) in [5.74, 6) is 0. The van der Waals surface area contributed by atoms with Crippen LogP contribution in [0.3, 0.4) is 0 Å². The largest absolute Gasteiger partial charge is 0.309 e. The van der Waals surface area contributed by atoms with Crippen LogP contribution in [0, 0.1) is 0 Å². The van der Waals surface area contributed by atoms with E-state index < -0.39 is 0 Å². The highest BCUT2D eigenvalue weighted by molar-refractivity contribution is 6.36. The molecule has 0 amide bonds. The summed E-state index contributed by atoms with van der Waals surface area (Å²) in [6.45, 7) is 4.50. The van der Waals surface area contributed by atoms with Crippen LogP contribution in [0.4, 0.5) is 0 Å². The van der Waals surface area contributed by atoms with Crippen LogP contribution in [0.1, 0.15) is 6.42 Å². The van der Waals surface area contributed by atoms with Gasteiger partial charge in [-0.15, -0.1) is 0 Å². The monoisotopic (exact) mass is 876 g/mol.